The van der Waals surface area contributed by atoms with Gasteiger partial charge in [-0.15, -0.1) is 0 Å². The zero-order chi connectivity index (χ0) is 32.5. The Bertz CT molecular complexity index is 1200. The van der Waals surface area contributed by atoms with Crippen molar-refractivity contribution in [2.45, 2.75) is 128 Å². The Balaban J connectivity index is 1.56. The maximum Gasteiger partial charge on any atom is 0.318 e. The van der Waals surface area contributed by atoms with Crippen molar-refractivity contribution in [3.8, 4) is 0 Å². The number of hydrogen-bond donors (Lipinski definition) is 4. The summed E-state index contributed by atoms with van der Waals surface area (Å²) in [5.41, 5.74) is 0.105. The lowest BCUT2D eigenvalue weighted by molar-refractivity contribution is -0.146. The second-order valence-corrected chi connectivity index (χ2v) is 13.7. The van der Waals surface area contributed by atoms with Gasteiger partial charge in [-0.2, -0.15) is 0 Å². The molecule has 4 N–H and O–H groups in total. The monoisotopic (exact) mass is 648 g/mol. The predicted octanol–water partition coefficient (Wildman–Crippen LogP) is 3.10. The van der Waals surface area contributed by atoms with Crippen LogP contribution in [-0.2, 0) is 23.5 Å². The van der Waals surface area contributed by atoms with Gasteiger partial charge in [-0.1, -0.05) is 59.3 Å². The van der Waals surface area contributed by atoms with Gasteiger partial charge in [0.25, 0.3) is 5.91 Å². The second-order valence-electron chi connectivity index (χ2n) is 12.9. The summed E-state index contributed by atoms with van der Waals surface area (Å²) in [7, 11) is -3.28. The molecular weight excluding hydrogens is 599 g/mol. The molecule has 4 rings (SSSR count). The topological polar surface area (TPSA) is 180 Å². The van der Waals surface area contributed by atoms with Crippen LogP contribution in [0.3, 0.4) is 0 Å². The highest BCUT2D eigenvalue weighted by Gasteiger charge is 2.50. The van der Waals surface area contributed by atoms with Gasteiger partial charge < -0.3 is 25.7 Å². The summed E-state index contributed by atoms with van der Waals surface area (Å²) in [6.07, 6.45) is 12.9. The van der Waals surface area contributed by atoms with Gasteiger partial charge in [0.1, 0.15) is 30.0 Å². The molecule has 14 heteroatoms. The van der Waals surface area contributed by atoms with Crippen LogP contribution in [0.15, 0.2) is 18.6 Å². The Kier molecular flexibility index (Phi) is 12.9. The third-order valence-corrected chi connectivity index (χ3v) is 9.95. The lowest BCUT2D eigenvalue weighted by Crippen LogP contribution is -2.61. The minimum atomic E-state index is -3.28. The first-order chi connectivity index (χ1) is 21.6. The molecule has 45 heavy (non-hydrogen) atoms. The number of aromatic nitrogens is 2. The van der Waals surface area contributed by atoms with Gasteiger partial charge in [-0.05, 0) is 56.3 Å². The molecule has 0 spiro atoms. The number of fused-ring (bicyclic) bond motifs is 1. The van der Waals surface area contributed by atoms with Crippen LogP contribution in [0.4, 0.5) is 0 Å². The minimum absolute atomic E-state index is 0.0928. The Morgan fingerprint density at radius 2 is 1.73 bits per heavy atom. The summed E-state index contributed by atoms with van der Waals surface area (Å²) in [6, 6.07) is -2.72. The number of nitrogens with one attached hydrogen (secondary N) is 3. The summed E-state index contributed by atoms with van der Waals surface area (Å²) >= 11 is 0. The molecule has 3 aliphatic rings. The smallest absolute Gasteiger partial charge is 0.318 e. The van der Waals surface area contributed by atoms with Crippen molar-refractivity contribution in [2.24, 2.45) is 17.8 Å². The molecule has 1 unspecified atom stereocenters. The fourth-order valence-electron chi connectivity index (χ4n) is 7.22. The van der Waals surface area contributed by atoms with Crippen LogP contribution < -0.4 is 16.0 Å². The van der Waals surface area contributed by atoms with Crippen LogP contribution >= 0.6 is 8.25 Å². The van der Waals surface area contributed by atoms with Gasteiger partial charge in [0.15, 0.2) is 0 Å². The van der Waals surface area contributed by atoms with Crippen LogP contribution in [0.2, 0.25) is 0 Å². The molecule has 2 saturated carbocycles. The molecule has 2 heterocycles. The normalized spacial score (nSPS) is 24.6. The largest absolute Gasteiger partial charge is 0.342 e. The number of rotatable bonds is 13. The van der Waals surface area contributed by atoms with Gasteiger partial charge in [0, 0.05) is 18.4 Å². The minimum Gasteiger partial charge on any atom is -0.342 e. The summed E-state index contributed by atoms with van der Waals surface area (Å²) in [6.45, 7) is 5.58. The van der Waals surface area contributed by atoms with Crippen LogP contribution in [0.5, 0.6) is 0 Å². The maximum absolute atomic E-state index is 14.4. The summed E-state index contributed by atoms with van der Waals surface area (Å²) < 4.78 is 16.5. The number of likely N-dealkylation sites (tertiary alicyclic amines) is 1. The Labute approximate surface area is 266 Å². The van der Waals surface area contributed by atoms with E-state index in [1.165, 1.54) is 18.6 Å². The lowest BCUT2D eigenvalue weighted by atomic mass is 9.83. The summed E-state index contributed by atoms with van der Waals surface area (Å²) in [5, 5.41) is 8.62. The Morgan fingerprint density at radius 1 is 1.02 bits per heavy atom. The van der Waals surface area contributed by atoms with Crippen molar-refractivity contribution in [3.05, 3.63) is 24.3 Å². The molecule has 0 bridgehead atoms. The molecule has 4 amide bonds. The van der Waals surface area contributed by atoms with Crippen LogP contribution in [0.1, 0.15) is 108 Å². The highest BCUT2D eigenvalue weighted by Crippen LogP contribution is 2.40. The van der Waals surface area contributed by atoms with Gasteiger partial charge in [0.2, 0.25) is 17.7 Å². The molecule has 250 valence electrons. The fraction of sp³-hybridized carbons (Fsp3) is 0.742. The number of nitrogens with zero attached hydrogens (tertiary/aromatic N) is 3. The molecule has 13 nitrogen and oxygen atoms in total. The average Bonchev–Trinajstić information content (AvgIpc) is 3.42. The first-order valence-corrected chi connectivity index (χ1v) is 17.8. The van der Waals surface area contributed by atoms with Crippen molar-refractivity contribution in [3.63, 3.8) is 0 Å². The molecule has 1 aromatic heterocycles. The molecule has 3 fully saturated rings. The molecule has 7 atom stereocenters. The highest BCUT2D eigenvalue weighted by atomic mass is 31.1. The van der Waals surface area contributed by atoms with Gasteiger partial charge in [-0.25, -0.2) is 4.98 Å². The first kappa shape index (κ1) is 35.0. The molecule has 1 aliphatic heterocycles. The van der Waals surface area contributed by atoms with Gasteiger partial charge in [0.05, 0.1) is 6.20 Å². The third-order valence-electron chi connectivity index (χ3n) is 9.46. The van der Waals surface area contributed by atoms with E-state index in [1.54, 1.807) is 4.90 Å². The van der Waals surface area contributed by atoms with Crippen LogP contribution in [-0.4, -0.2) is 73.8 Å². The quantitative estimate of drug-likeness (QED) is 0.185. The number of hydrogen-bond acceptors (Lipinski definition) is 8. The van der Waals surface area contributed by atoms with E-state index in [4.69, 9.17) is 4.52 Å². The molecule has 0 radical (unpaired) electrons. The third kappa shape index (κ3) is 9.10. The second kappa shape index (κ2) is 16.6. The van der Waals surface area contributed by atoms with E-state index < -0.39 is 50.3 Å². The molecular formula is C31H49N6O7P. The van der Waals surface area contributed by atoms with E-state index in [0.717, 1.165) is 57.8 Å². The van der Waals surface area contributed by atoms with E-state index in [-0.39, 0.29) is 35.4 Å². The first-order valence-electron chi connectivity index (χ1n) is 16.5. The average molecular weight is 649 g/mol. The summed E-state index contributed by atoms with van der Waals surface area (Å²) in [4.78, 5) is 74.2. The van der Waals surface area contributed by atoms with E-state index >= 15 is 0 Å². The molecule has 1 saturated heterocycles. The standard InChI is InChI=1S/C31H49N6O7P/c1-4-10-25(44-45(42)43)34-29(39)24-17-21-13-8-9-14-23(21)37(24)31(41)26(19(2)3)35-30(40)27(20-11-6-5-7-12-20)36-28(38)22-18-32-15-16-33-22/h15-16,18-21,23-27,45H,4-14,17H2,1-3H3,(H,34,39)(H,35,40)(H,36,38)(H,42,43)/t21-,23-,24-,25+,26-,27-/m0/s1. The molecule has 0 aromatic carbocycles. The molecule has 1 aromatic rings. The van der Waals surface area contributed by atoms with E-state index in [0.29, 0.717) is 19.3 Å². The number of amides is 4. The van der Waals surface area contributed by atoms with E-state index in [1.807, 2.05) is 20.8 Å². The number of carbonyl (C=O) groups excluding carboxylic acids is 4. The highest BCUT2D eigenvalue weighted by molar-refractivity contribution is 7.32. The van der Waals surface area contributed by atoms with Crippen LogP contribution in [0, 0.1) is 17.8 Å². The van der Waals surface area contributed by atoms with E-state index in [2.05, 4.69) is 25.9 Å². The van der Waals surface area contributed by atoms with Crippen molar-refractivity contribution in [1.29, 1.82) is 0 Å². The fourth-order valence-corrected chi connectivity index (χ4v) is 7.64. The SMILES string of the molecule is CCC[C@H](NC(=O)[C@@H]1C[C@@H]2CCCC[C@@H]2N1C(=O)[C@@H](NC(=O)[C@@H](NC(=O)c1cnccn1)C1CCCCC1)C(C)C)O[PH](=O)O. The Hall–Kier alpha value is -2.89. The van der Waals surface area contributed by atoms with Crippen molar-refractivity contribution >= 4 is 31.9 Å². The maximum atomic E-state index is 14.4. The zero-order valence-corrected chi connectivity index (χ0v) is 27.6. The van der Waals surface area contributed by atoms with E-state index in [9.17, 15) is 28.6 Å². The van der Waals surface area contributed by atoms with Crippen molar-refractivity contribution in [1.82, 2.24) is 30.8 Å². The zero-order valence-electron chi connectivity index (χ0n) is 26.6. The van der Waals surface area contributed by atoms with Gasteiger partial charge >= 0.3 is 8.25 Å². The predicted molar refractivity (Wildman–Crippen MR) is 167 cm³/mol. The van der Waals surface area contributed by atoms with Crippen molar-refractivity contribution < 1.29 is 33.2 Å². The lowest BCUT2D eigenvalue weighted by Gasteiger charge is -2.38. The van der Waals surface area contributed by atoms with Gasteiger partial charge in [-0.3, -0.25) is 33.3 Å². The Morgan fingerprint density at radius 3 is 2.38 bits per heavy atom. The van der Waals surface area contributed by atoms with Crippen molar-refractivity contribution in [2.75, 3.05) is 0 Å². The van der Waals surface area contributed by atoms with Crippen LogP contribution in [0.25, 0.3) is 0 Å². The molecule has 2 aliphatic carbocycles. The number of carbonyl (C=O) groups is 4. The summed E-state index contributed by atoms with van der Waals surface area (Å²) in [5.74, 6) is -1.95.